The number of carbonyl (C=O) groups excluding carboxylic acids is 3. The van der Waals surface area contributed by atoms with Crippen LogP contribution in [0.1, 0.15) is 11.1 Å². The number of methoxy groups -OCH3 is 1. The number of benzene rings is 2. The summed E-state index contributed by atoms with van der Waals surface area (Å²) in [7, 11) is 1.19. The third-order valence-corrected chi connectivity index (χ3v) is 6.09. The highest BCUT2D eigenvalue weighted by atomic mass is 79.9. The molecular weight excluding hydrogens is 545 g/mol. The smallest absolute Gasteiger partial charge is 0.325 e. The van der Waals surface area contributed by atoms with Gasteiger partial charge < -0.3 is 9.47 Å². The minimum Gasteiger partial charge on any atom is -0.487 e. The lowest BCUT2D eigenvalue weighted by Gasteiger charge is -2.12. The lowest BCUT2D eigenvalue weighted by molar-refractivity contribution is -0.143. The van der Waals surface area contributed by atoms with Gasteiger partial charge in [-0.1, -0.05) is 12.1 Å². The summed E-state index contributed by atoms with van der Waals surface area (Å²) in [5.41, 5.74) is 1.45. The molecule has 0 aromatic heterocycles. The van der Waals surface area contributed by atoms with E-state index in [2.05, 4.69) is 36.6 Å². The highest BCUT2D eigenvalue weighted by Gasteiger charge is 2.36. The van der Waals surface area contributed by atoms with Gasteiger partial charge in [0.25, 0.3) is 11.1 Å². The summed E-state index contributed by atoms with van der Waals surface area (Å²) in [4.78, 5) is 36.9. The number of hydrogen-bond acceptors (Lipinski definition) is 6. The van der Waals surface area contributed by atoms with Crippen molar-refractivity contribution in [3.63, 3.8) is 0 Å². The lowest BCUT2D eigenvalue weighted by atomic mass is 10.2. The van der Waals surface area contributed by atoms with Crippen molar-refractivity contribution >= 4 is 66.8 Å². The van der Waals surface area contributed by atoms with E-state index in [9.17, 15) is 18.8 Å². The number of esters is 1. The number of carbonyl (C=O) groups is 3. The Morgan fingerprint density at radius 2 is 1.80 bits per heavy atom. The lowest BCUT2D eigenvalue weighted by Crippen LogP contribution is -2.34. The van der Waals surface area contributed by atoms with Crippen molar-refractivity contribution in [3.8, 4) is 5.75 Å². The van der Waals surface area contributed by atoms with Gasteiger partial charge >= 0.3 is 5.97 Å². The molecule has 6 nitrogen and oxygen atoms in total. The molecule has 0 atom stereocenters. The first kappa shape index (κ1) is 22.5. The average Bonchev–Trinajstić information content (AvgIpc) is 2.96. The highest BCUT2D eigenvalue weighted by molar-refractivity contribution is 9.11. The summed E-state index contributed by atoms with van der Waals surface area (Å²) >= 11 is 7.63. The first-order valence-corrected chi connectivity index (χ1v) is 10.9. The van der Waals surface area contributed by atoms with Crippen molar-refractivity contribution in [3.05, 3.63) is 67.2 Å². The van der Waals surface area contributed by atoms with Crippen LogP contribution < -0.4 is 4.74 Å². The second-order valence-electron chi connectivity index (χ2n) is 6.07. The van der Waals surface area contributed by atoms with Crippen molar-refractivity contribution in [2.45, 2.75) is 6.61 Å². The molecule has 3 rings (SSSR count). The van der Waals surface area contributed by atoms with E-state index in [0.717, 1.165) is 22.2 Å². The molecule has 0 unspecified atom stereocenters. The molecule has 1 heterocycles. The summed E-state index contributed by atoms with van der Waals surface area (Å²) in [6, 6.07) is 9.46. The van der Waals surface area contributed by atoms with Gasteiger partial charge in [-0.15, -0.1) is 0 Å². The summed E-state index contributed by atoms with van der Waals surface area (Å²) < 4.78 is 24.6. The van der Waals surface area contributed by atoms with Crippen LogP contribution in [0.3, 0.4) is 0 Å². The number of ether oxygens (including phenoxy) is 2. The van der Waals surface area contributed by atoms with Gasteiger partial charge in [-0.05, 0) is 85.1 Å². The van der Waals surface area contributed by atoms with Gasteiger partial charge in [-0.2, -0.15) is 0 Å². The Morgan fingerprint density at radius 3 is 2.40 bits per heavy atom. The average molecular weight is 559 g/mol. The second-order valence-corrected chi connectivity index (χ2v) is 8.77. The van der Waals surface area contributed by atoms with Gasteiger partial charge in [-0.25, -0.2) is 4.39 Å². The molecule has 10 heteroatoms. The van der Waals surface area contributed by atoms with Gasteiger partial charge in [0.1, 0.15) is 24.7 Å². The van der Waals surface area contributed by atoms with Crippen LogP contribution in [0.4, 0.5) is 9.18 Å². The molecule has 0 bridgehead atoms. The standard InChI is InChI=1S/C20H14Br2FNO5S/c1-28-17(25)9-24-19(26)16(30-20(24)27)8-12-6-14(21)18(15(22)7-12)29-10-11-2-4-13(23)5-3-11/h2-8H,9-10H2,1H3/b16-8-. The predicted octanol–water partition coefficient (Wildman–Crippen LogP) is 5.14. The van der Waals surface area contributed by atoms with Crippen LogP contribution >= 0.6 is 43.6 Å². The van der Waals surface area contributed by atoms with Crippen molar-refractivity contribution in [2.75, 3.05) is 13.7 Å². The molecule has 0 saturated carbocycles. The third-order valence-electron chi connectivity index (χ3n) is 4.00. The van der Waals surface area contributed by atoms with E-state index >= 15 is 0 Å². The van der Waals surface area contributed by atoms with E-state index in [4.69, 9.17) is 4.74 Å². The van der Waals surface area contributed by atoms with Crippen LogP contribution in [0, 0.1) is 5.82 Å². The third kappa shape index (κ3) is 5.30. The van der Waals surface area contributed by atoms with E-state index in [-0.39, 0.29) is 17.3 Å². The molecule has 0 radical (unpaired) electrons. The number of nitrogens with zero attached hydrogens (tertiary/aromatic N) is 1. The van der Waals surface area contributed by atoms with Gasteiger partial charge in [0.05, 0.1) is 21.0 Å². The molecule has 1 saturated heterocycles. The Balaban J connectivity index is 1.76. The number of amides is 2. The zero-order chi connectivity index (χ0) is 21.8. The zero-order valence-corrected chi connectivity index (χ0v) is 19.5. The monoisotopic (exact) mass is 557 g/mol. The number of hydrogen-bond donors (Lipinski definition) is 0. The number of imide groups is 1. The summed E-state index contributed by atoms with van der Waals surface area (Å²) in [6.45, 7) is -0.189. The van der Waals surface area contributed by atoms with Crippen LogP contribution in [0.25, 0.3) is 6.08 Å². The molecule has 2 amide bonds. The fourth-order valence-electron chi connectivity index (χ4n) is 2.52. The maximum Gasteiger partial charge on any atom is 0.325 e. The molecule has 30 heavy (non-hydrogen) atoms. The van der Waals surface area contributed by atoms with Crippen molar-refractivity contribution < 1.29 is 28.2 Å². The van der Waals surface area contributed by atoms with Crippen molar-refractivity contribution in [2.24, 2.45) is 0 Å². The predicted molar refractivity (Wildman–Crippen MR) is 117 cm³/mol. The largest absolute Gasteiger partial charge is 0.487 e. The first-order chi connectivity index (χ1) is 14.3. The Morgan fingerprint density at radius 1 is 1.17 bits per heavy atom. The second kappa shape index (κ2) is 9.76. The van der Waals surface area contributed by atoms with E-state index in [1.165, 1.54) is 19.2 Å². The van der Waals surface area contributed by atoms with E-state index < -0.39 is 23.7 Å². The minimum absolute atomic E-state index is 0.197. The normalized spacial score (nSPS) is 15.1. The number of halogens is 3. The molecule has 2 aromatic carbocycles. The van der Waals surface area contributed by atoms with Crippen molar-refractivity contribution in [1.82, 2.24) is 4.90 Å². The Labute approximate surface area is 192 Å². The SMILES string of the molecule is COC(=O)CN1C(=O)S/C(=C\c2cc(Br)c(OCc3ccc(F)cc3)c(Br)c2)C1=O. The van der Waals surface area contributed by atoms with Crippen LogP contribution in [0.2, 0.25) is 0 Å². The Hall–Kier alpha value is -2.17. The van der Waals surface area contributed by atoms with E-state index in [1.54, 1.807) is 30.3 Å². The summed E-state index contributed by atoms with van der Waals surface area (Å²) in [5.74, 6) is -1.01. The molecule has 2 aromatic rings. The van der Waals surface area contributed by atoms with Crippen LogP contribution in [-0.4, -0.2) is 35.7 Å². The molecule has 0 N–H and O–H groups in total. The molecule has 156 valence electrons. The fraction of sp³-hybridized carbons (Fsp3) is 0.150. The molecular formula is C20H14Br2FNO5S. The van der Waals surface area contributed by atoms with Crippen molar-refractivity contribution in [1.29, 1.82) is 0 Å². The number of rotatable bonds is 6. The van der Waals surface area contributed by atoms with Gasteiger partial charge in [0, 0.05) is 0 Å². The number of thioether (sulfide) groups is 1. The molecule has 1 aliphatic rings. The minimum atomic E-state index is -0.674. The summed E-state index contributed by atoms with van der Waals surface area (Å²) in [5, 5.41) is -0.533. The van der Waals surface area contributed by atoms with Crippen LogP contribution in [0.5, 0.6) is 5.75 Å². The highest BCUT2D eigenvalue weighted by Crippen LogP contribution is 2.38. The van der Waals surface area contributed by atoms with Gasteiger partial charge in [0.15, 0.2) is 0 Å². The van der Waals surface area contributed by atoms with Gasteiger partial charge in [-0.3, -0.25) is 19.3 Å². The first-order valence-electron chi connectivity index (χ1n) is 8.47. The van der Waals surface area contributed by atoms with Crippen LogP contribution in [-0.2, 0) is 20.9 Å². The van der Waals surface area contributed by atoms with E-state index in [0.29, 0.717) is 20.3 Å². The Bertz CT molecular complexity index is 1020. The molecule has 0 spiro atoms. The van der Waals surface area contributed by atoms with Gasteiger partial charge in [0.2, 0.25) is 0 Å². The topological polar surface area (TPSA) is 72.9 Å². The Kier molecular flexibility index (Phi) is 7.32. The summed E-state index contributed by atoms with van der Waals surface area (Å²) in [6.07, 6.45) is 1.56. The van der Waals surface area contributed by atoms with E-state index in [1.807, 2.05) is 0 Å². The van der Waals surface area contributed by atoms with Crippen LogP contribution in [0.15, 0.2) is 50.2 Å². The molecule has 1 aliphatic heterocycles. The zero-order valence-electron chi connectivity index (χ0n) is 15.5. The maximum atomic E-state index is 13.0. The fourth-order valence-corrected chi connectivity index (χ4v) is 4.81. The quantitative estimate of drug-likeness (QED) is 0.361. The molecule has 0 aliphatic carbocycles. The maximum absolute atomic E-state index is 13.0. The molecule has 1 fully saturated rings.